The number of anilines is 1. The molecule has 0 aliphatic heterocycles. The maximum absolute atomic E-state index is 11.4. The van der Waals surface area contributed by atoms with Crippen LogP contribution in [-0.4, -0.2) is 19.6 Å². The van der Waals surface area contributed by atoms with Gasteiger partial charge in [0, 0.05) is 24.9 Å². The zero-order valence-corrected chi connectivity index (χ0v) is 13.2. The van der Waals surface area contributed by atoms with Gasteiger partial charge in [-0.2, -0.15) is 0 Å². The number of hydrogen-bond donors (Lipinski definition) is 1. The fourth-order valence-corrected chi connectivity index (χ4v) is 2.68. The highest BCUT2D eigenvalue weighted by atomic mass is 35.5. The number of nitrogens with zero attached hydrogens (tertiary/aromatic N) is 1. The zero-order valence-electron chi connectivity index (χ0n) is 11.6. The Balaban J connectivity index is 2.09. The molecule has 0 bridgehead atoms. The van der Waals surface area contributed by atoms with E-state index in [1.807, 2.05) is 0 Å². The van der Waals surface area contributed by atoms with Crippen LogP contribution in [0, 0.1) is 10.1 Å². The van der Waals surface area contributed by atoms with Crippen molar-refractivity contribution >= 4 is 32.8 Å². The van der Waals surface area contributed by atoms with E-state index in [4.69, 9.17) is 11.6 Å². The number of halogens is 1. The van der Waals surface area contributed by atoms with Crippen molar-refractivity contribution in [1.29, 1.82) is 0 Å². The van der Waals surface area contributed by atoms with Crippen LogP contribution in [0.25, 0.3) is 0 Å². The molecule has 116 valence electrons. The maximum Gasteiger partial charge on any atom is 0.271 e. The second-order valence-electron chi connectivity index (χ2n) is 4.69. The number of nitro groups is 1. The Bertz CT molecular complexity index is 804. The van der Waals surface area contributed by atoms with Crippen LogP contribution in [0.3, 0.4) is 0 Å². The predicted octanol–water partition coefficient (Wildman–Crippen LogP) is 3.26. The standard InChI is InChI=1S/C14H13ClN2O4S/c1-22(20,21)12-5-2-10(3-6-12)9-16-14-7-4-11(17(18)19)8-13(14)15/h2-8,16H,9H2,1H3. The average molecular weight is 341 g/mol. The highest BCUT2D eigenvalue weighted by Crippen LogP contribution is 2.27. The normalized spacial score (nSPS) is 11.2. The first kappa shape index (κ1) is 16.3. The molecule has 2 rings (SSSR count). The molecule has 2 aromatic carbocycles. The quantitative estimate of drug-likeness (QED) is 0.666. The Morgan fingerprint density at radius 2 is 1.82 bits per heavy atom. The van der Waals surface area contributed by atoms with Crippen molar-refractivity contribution < 1.29 is 13.3 Å². The van der Waals surface area contributed by atoms with E-state index in [1.54, 1.807) is 12.1 Å². The van der Waals surface area contributed by atoms with E-state index in [9.17, 15) is 18.5 Å². The molecule has 0 aliphatic rings. The summed E-state index contributed by atoms with van der Waals surface area (Å²) in [6, 6.07) is 10.6. The molecule has 0 heterocycles. The summed E-state index contributed by atoms with van der Waals surface area (Å²) < 4.78 is 22.7. The second-order valence-corrected chi connectivity index (χ2v) is 7.11. The first-order chi connectivity index (χ1) is 10.3. The molecule has 0 saturated carbocycles. The van der Waals surface area contributed by atoms with E-state index in [0.29, 0.717) is 12.2 Å². The molecule has 22 heavy (non-hydrogen) atoms. The van der Waals surface area contributed by atoms with Gasteiger partial charge in [-0.05, 0) is 23.8 Å². The van der Waals surface area contributed by atoms with Gasteiger partial charge >= 0.3 is 0 Å². The van der Waals surface area contributed by atoms with E-state index in [0.717, 1.165) is 11.8 Å². The fraction of sp³-hybridized carbons (Fsp3) is 0.143. The molecule has 0 atom stereocenters. The molecule has 0 aliphatic carbocycles. The lowest BCUT2D eigenvalue weighted by Gasteiger charge is -2.09. The lowest BCUT2D eigenvalue weighted by atomic mass is 10.2. The van der Waals surface area contributed by atoms with Crippen LogP contribution in [0.5, 0.6) is 0 Å². The summed E-state index contributed by atoms with van der Waals surface area (Å²) >= 11 is 5.98. The first-order valence-electron chi connectivity index (χ1n) is 6.24. The minimum atomic E-state index is -3.21. The number of non-ortho nitro benzene ring substituents is 1. The van der Waals surface area contributed by atoms with Gasteiger partial charge in [0.1, 0.15) is 0 Å². The molecule has 0 amide bonds. The second kappa shape index (κ2) is 6.33. The Labute approximate surface area is 132 Å². The summed E-state index contributed by atoms with van der Waals surface area (Å²) in [6.45, 7) is 0.418. The average Bonchev–Trinajstić information content (AvgIpc) is 2.45. The predicted molar refractivity (Wildman–Crippen MR) is 85.0 cm³/mol. The van der Waals surface area contributed by atoms with E-state index < -0.39 is 14.8 Å². The highest BCUT2D eigenvalue weighted by molar-refractivity contribution is 7.90. The van der Waals surface area contributed by atoms with Crippen LogP contribution in [0.4, 0.5) is 11.4 Å². The zero-order chi connectivity index (χ0) is 16.3. The SMILES string of the molecule is CS(=O)(=O)c1ccc(CNc2ccc([N+](=O)[O-])cc2Cl)cc1. The summed E-state index contributed by atoms with van der Waals surface area (Å²) in [5.74, 6) is 0. The van der Waals surface area contributed by atoms with Crippen molar-refractivity contribution in [3.05, 3.63) is 63.2 Å². The van der Waals surface area contributed by atoms with E-state index in [1.165, 1.54) is 30.3 Å². The maximum atomic E-state index is 11.4. The molecule has 8 heteroatoms. The molecule has 6 nitrogen and oxygen atoms in total. The van der Waals surface area contributed by atoms with Crippen LogP contribution in [0.2, 0.25) is 5.02 Å². The van der Waals surface area contributed by atoms with Gasteiger partial charge in [-0.25, -0.2) is 8.42 Å². The fourth-order valence-electron chi connectivity index (χ4n) is 1.81. The molecule has 1 N–H and O–H groups in total. The first-order valence-corrected chi connectivity index (χ1v) is 8.51. The van der Waals surface area contributed by atoms with Crippen LogP contribution in [0.15, 0.2) is 47.4 Å². The van der Waals surface area contributed by atoms with Crippen LogP contribution < -0.4 is 5.32 Å². The molecular formula is C14H13ClN2O4S. The third kappa shape index (κ3) is 3.96. The Kier molecular flexibility index (Phi) is 4.68. The molecule has 0 radical (unpaired) electrons. The van der Waals surface area contributed by atoms with E-state index in [-0.39, 0.29) is 15.6 Å². The number of sulfone groups is 1. The van der Waals surface area contributed by atoms with Gasteiger partial charge in [0.05, 0.1) is 20.5 Å². The van der Waals surface area contributed by atoms with Gasteiger partial charge < -0.3 is 5.32 Å². The summed E-state index contributed by atoms with van der Waals surface area (Å²) in [5.41, 5.74) is 1.36. The van der Waals surface area contributed by atoms with Crippen molar-refractivity contribution in [2.75, 3.05) is 11.6 Å². The number of hydrogen-bond acceptors (Lipinski definition) is 5. The number of nitro benzene ring substituents is 1. The van der Waals surface area contributed by atoms with Crippen LogP contribution in [0.1, 0.15) is 5.56 Å². The Morgan fingerprint density at radius 3 is 2.32 bits per heavy atom. The van der Waals surface area contributed by atoms with Gasteiger partial charge in [0.2, 0.25) is 0 Å². The summed E-state index contributed by atoms with van der Waals surface area (Å²) in [6.07, 6.45) is 1.15. The van der Waals surface area contributed by atoms with Crippen molar-refractivity contribution in [3.63, 3.8) is 0 Å². The van der Waals surface area contributed by atoms with Gasteiger partial charge in [-0.1, -0.05) is 23.7 Å². The van der Waals surface area contributed by atoms with Gasteiger partial charge in [0.15, 0.2) is 9.84 Å². The van der Waals surface area contributed by atoms with Crippen LogP contribution >= 0.6 is 11.6 Å². The van der Waals surface area contributed by atoms with Crippen molar-refractivity contribution in [1.82, 2.24) is 0 Å². The molecule has 0 aromatic heterocycles. The number of benzene rings is 2. The third-order valence-corrected chi connectivity index (χ3v) is 4.44. The van der Waals surface area contributed by atoms with Crippen molar-refractivity contribution in [2.45, 2.75) is 11.4 Å². The lowest BCUT2D eigenvalue weighted by molar-refractivity contribution is -0.384. The smallest absolute Gasteiger partial charge is 0.271 e. The summed E-state index contributed by atoms with van der Waals surface area (Å²) in [5, 5.41) is 13.9. The van der Waals surface area contributed by atoms with Gasteiger partial charge in [0.25, 0.3) is 5.69 Å². The Morgan fingerprint density at radius 1 is 1.18 bits per heavy atom. The minimum absolute atomic E-state index is 0.0759. The number of rotatable bonds is 5. The Hall–Kier alpha value is -2.12. The minimum Gasteiger partial charge on any atom is -0.380 e. The summed E-state index contributed by atoms with van der Waals surface area (Å²) in [7, 11) is -3.21. The largest absolute Gasteiger partial charge is 0.380 e. The lowest BCUT2D eigenvalue weighted by Crippen LogP contribution is -2.02. The van der Waals surface area contributed by atoms with Gasteiger partial charge in [-0.15, -0.1) is 0 Å². The molecule has 0 spiro atoms. The highest BCUT2D eigenvalue weighted by Gasteiger charge is 2.09. The molecule has 2 aromatic rings. The molecule has 0 unspecified atom stereocenters. The third-order valence-electron chi connectivity index (χ3n) is 3.00. The van der Waals surface area contributed by atoms with Crippen LogP contribution in [-0.2, 0) is 16.4 Å². The van der Waals surface area contributed by atoms with Crippen molar-refractivity contribution in [3.8, 4) is 0 Å². The number of nitrogens with one attached hydrogen (secondary N) is 1. The topological polar surface area (TPSA) is 89.3 Å². The molecular weight excluding hydrogens is 328 g/mol. The van der Waals surface area contributed by atoms with Crippen molar-refractivity contribution in [2.24, 2.45) is 0 Å². The monoisotopic (exact) mass is 340 g/mol. The molecule has 0 fully saturated rings. The van der Waals surface area contributed by atoms with Gasteiger partial charge in [-0.3, -0.25) is 10.1 Å². The van der Waals surface area contributed by atoms with E-state index >= 15 is 0 Å². The summed E-state index contributed by atoms with van der Waals surface area (Å²) in [4.78, 5) is 10.4. The molecule has 0 saturated heterocycles. The van der Waals surface area contributed by atoms with E-state index in [2.05, 4.69) is 5.32 Å².